The largest absolute Gasteiger partial charge is 0.486 e. The molecule has 5 heteroatoms. The number of nitrogens with one attached hydrogen (secondary N) is 1. The SMILES string of the molecule is CC1CCC(n2cnc(C=C3OCCNC3=O)c2)CC1. The fourth-order valence-corrected chi connectivity index (χ4v) is 2.89. The van der Waals surface area contributed by atoms with E-state index < -0.39 is 0 Å². The van der Waals surface area contributed by atoms with Gasteiger partial charge in [-0.15, -0.1) is 0 Å². The van der Waals surface area contributed by atoms with Crippen LogP contribution in [-0.2, 0) is 9.53 Å². The average Bonchev–Trinajstić information content (AvgIpc) is 2.91. The zero-order valence-electron chi connectivity index (χ0n) is 11.8. The summed E-state index contributed by atoms with van der Waals surface area (Å²) < 4.78 is 7.54. The Morgan fingerprint density at radius 2 is 2.20 bits per heavy atom. The van der Waals surface area contributed by atoms with Crippen LogP contribution in [-0.4, -0.2) is 28.6 Å². The number of nitrogens with zero attached hydrogens (tertiary/aromatic N) is 2. The van der Waals surface area contributed by atoms with Crippen LogP contribution in [0.5, 0.6) is 0 Å². The molecule has 2 heterocycles. The molecule has 20 heavy (non-hydrogen) atoms. The highest BCUT2D eigenvalue weighted by Crippen LogP contribution is 2.31. The van der Waals surface area contributed by atoms with E-state index in [0.29, 0.717) is 25.0 Å². The number of morpholine rings is 1. The van der Waals surface area contributed by atoms with Gasteiger partial charge in [-0.3, -0.25) is 4.79 Å². The maximum atomic E-state index is 11.6. The van der Waals surface area contributed by atoms with Crippen molar-refractivity contribution in [3.63, 3.8) is 0 Å². The highest BCUT2D eigenvalue weighted by Gasteiger charge is 2.20. The van der Waals surface area contributed by atoms with Gasteiger partial charge in [-0.05, 0) is 31.6 Å². The predicted octanol–water partition coefficient (Wildman–Crippen LogP) is 2.12. The average molecular weight is 275 g/mol. The molecule has 2 aliphatic rings. The van der Waals surface area contributed by atoms with Crippen molar-refractivity contribution in [2.75, 3.05) is 13.2 Å². The lowest BCUT2D eigenvalue weighted by Gasteiger charge is -2.26. The molecule has 1 saturated heterocycles. The van der Waals surface area contributed by atoms with Gasteiger partial charge in [0.2, 0.25) is 0 Å². The smallest absolute Gasteiger partial charge is 0.286 e. The normalized spacial score (nSPS) is 29.1. The molecule has 0 aromatic carbocycles. The van der Waals surface area contributed by atoms with Crippen molar-refractivity contribution in [3.8, 4) is 0 Å². The first-order chi connectivity index (χ1) is 9.72. The number of hydrogen-bond donors (Lipinski definition) is 1. The van der Waals surface area contributed by atoms with Gasteiger partial charge in [0.15, 0.2) is 5.76 Å². The van der Waals surface area contributed by atoms with Crippen molar-refractivity contribution in [2.24, 2.45) is 5.92 Å². The summed E-state index contributed by atoms with van der Waals surface area (Å²) in [4.78, 5) is 16.0. The Labute approximate surface area is 119 Å². The van der Waals surface area contributed by atoms with Gasteiger partial charge >= 0.3 is 0 Å². The van der Waals surface area contributed by atoms with E-state index in [1.807, 2.05) is 12.5 Å². The first kappa shape index (κ1) is 13.2. The zero-order valence-corrected chi connectivity index (χ0v) is 11.8. The molecule has 1 N–H and O–H groups in total. The molecule has 1 amide bonds. The molecule has 0 unspecified atom stereocenters. The molecule has 0 spiro atoms. The van der Waals surface area contributed by atoms with Gasteiger partial charge in [-0.25, -0.2) is 4.98 Å². The van der Waals surface area contributed by atoms with Crippen LogP contribution >= 0.6 is 0 Å². The van der Waals surface area contributed by atoms with Crippen LogP contribution < -0.4 is 5.32 Å². The van der Waals surface area contributed by atoms with Crippen LogP contribution in [0.2, 0.25) is 0 Å². The highest BCUT2D eigenvalue weighted by atomic mass is 16.5. The maximum absolute atomic E-state index is 11.6. The first-order valence-corrected chi connectivity index (χ1v) is 7.38. The van der Waals surface area contributed by atoms with E-state index in [9.17, 15) is 4.79 Å². The van der Waals surface area contributed by atoms with E-state index in [1.165, 1.54) is 25.7 Å². The summed E-state index contributed by atoms with van der Waals surface area (Å²) in [5, 5.41) is 2.76. The second kappa shape index (κ2) is 5.69. The van der Waals surface area contributed by atoms with Crippen molar-refractivity contribution >= 4 is 12.0 Å². The topological polar surface area (TPSA) is 56.1 Å². The van der Waals surface area contributed by atoms with Crippen LogP contribution in [0.1, 0.15) is 44.3 Å². The van der Waals surface area contributed by atoms with Gasteiger partial charge in [0, 0.05) is 18.3 Å². The van der Waals surface area contributed by atoms with E-state index in [0.717, 1.165) is 11.6 Å². The third-order valence-electron chi connectivity index (χ3n) is 4.18. The molecule has 3 rings (SSSR count). The van der Waals surface area contributed by atoms with Gasteiger partial charge in [0.25, 0.3) is 5.91 Å². The Bertz CT molecular complexity index is 513. The van der Waals surface area contributed by atoms with Gasteiger partial charge in [-0.1, -0.05) is 6.92 Å². The summed E-state index contributed by atoms with van der Waals surface area (Å²) in [7, 11) is 0. The Hall–Kier alpha value is -1.78. The van der Waals surface area contributed by atoms with Crippen LogP contribution in [0.15, 0.2) is 18.3 Å². The molecule has 1 aromatic heterocycles. The number of imidazole rings is 1. The fraction of sp³-hybridized carbons (Fsp3) is 0.600. The number of hydrogen-bond acceptors (Lipinski definition) is 3. The lowest BCUT2D eigenvalue weighted by molar-refractivity contribution is -0.123. The van der Waals surface area contributed by atoms with E-state index in [-0.39, 0.29) is 5.91 Å². The number of carbonyl (C=O) groups excluding carboxylic acids is 1. The number of rotatable bonds is 2. The Morgan fingerprint density at radius 3 is 2.95 bits per heavy atom. The summed E-state index contributed by atoms with van der Waals surface area (Å²) in [6.45, 7) is 3.42. The molecule has 108 valence electrons. The fourth-order valence-electron chi connectivity index (χ4n) is 2.89. The standard InChI is InChI=1S/C15H21N3O2/c1-11-2-4-13(5-3-11)18-9-12(17-10-18)8-14-15(19)16-6-7-20-14/h8-11,13H,2-7H2,1H3,(H,16,19). The summed E-state index contributed by atoms with van der Waals surface area (Å²) in [5.74, 6) is 1.05. The third kappa shape index (κ3) is 2.86. The molecule has 0 atom stereocenters. The van der Waals surface area contributed by atoms with Crippen molar-refractivity contribution in [2.45, 2.75) is 38.6 Å². The van der Waals surface area contributed by atoms with Gasteiger partial charge < -0.3 is 14.6 Å². The molecule has 0 bridgehead atoms. The van der Waals surface area contributed by atoms with Crippen LogP contribution in [0, 0.1) is 5.92 Å². The van der Waals surface area contributed by atoms with E-state index in [2.05, 4.69) is 21.8 Å². The highest BCUT2D eigenvalue weighted by molar-refractivity contribution is 5.96. The van der Waals surface area contributed by atoms with Crippen LogP contribution in [0.25, 0.3) is 6.08 Å². The molecule has 2 fully saturated rings. The third-order valence-corrected chi connectivity index (χ3v) is 4.18. The second-order valence-electron chi connectivity index (χ2n) is 5.77. The minimum atomic E-state index is -0.155. The predicted molar refractivity (Wildman–Crippen MR) is 75.8 cm³/mol. The molecule has 0 radical (unpaired) electrons. The Kier molecular flexibility index (Phi) is 3.76. The number of carbonyl (C=O) groups is 1. The van der Waals surface area contributed by atoms with Gasteiger partial charge in [0.1, 0.15) is 6.61 Å². The minimum absolute atomic E-state index is 0.155. The summed E-state index contributed by atoms with van der Waals surface area (Å²) in [5.41, 5.74) is 0.788. The molecule has 5 nitrogen and oxygen atoms in total. The Balaban J connectivity index is 1.70. The molecule has 1 aromatic rings. The second-order valence-corrected chi connectivity index (χ2v) is 5.77. The molecular weight excluding hydrogens is 254 g/mol. The molecule has 1 saturated carbocycles. The number of aromatic nitrogens is 2. The van der Waals surface area contributed by atoms with Crippen molar-refractivity contribution in [1.29, 1.82) is 0 Å². The Morgan fingerprint density at radius 1 is 1.40 bits per heavy atom. The molecule has 1 aliphatic carbocycles. The van der Waals surface area contributed by atoms with E-state index in [4.69, 9.17) is 4.74 Å². The van der Waals surface area contributed by atoms with Gasteiger partial charge in [0.05, 0.1) is 18.6 Å². The van der Waals surface area contributed by atoms with Crippen molar-refractivity contribution in [1.82, 2.24) is 14.9 Å². The molecule has 1 aliphatic heterocycles. The number of amides is 1. The lowest BCUT2D eigenvalue weighted by Crippen LogP contribution is -2.34. The lowest BCUT2D eigenvalue weighted by atomic mass is 9.87. The zero-order chi connectivity index (χ0) is 13.9. The summed E-state index contributed by atoms with van der Waals surface area (Å²) in [6, 6.07) is 0.548. The van der Waals surface area contributed by atoms with Crippen LogP contribution in [0.4, 0.5) is 0 Å². The monoisotopic (exact) mass is 275 g/mol. The molecular formula is C15H21N3O2. The maximum Gasteiger partial charge on any atom is 0.286 e. The van der Waals surface area contributed by atoms with E-state index in [1.54, 1.807) is 6.08 Å². The van der Waals surface area contributed by atoms with Crippen molar-refractivity contribution < 1.29 is 9.53 Å². The summed E-state index contributed by atoms with van der Waals surface area (Å²) in [6.07, 6.45) is 10.6. The number of ether oxygens (including phenoxy) is 1. The quantitative estimate of drug-likeness (QED) is 0.841. The van der Waals surface area contributed by atoms with Crippen molar-refractivity contribution in [3.05, 3.63) is 24.0 Å². The minimum Gasteiger partial charge on any atom is -0.486 e. The first-order valence-electron chi connectivity index (χ1n) is 7.38. The van der Waals surface area contributed by atoms with E-state index >= 15 is 0 Å². The van der Waals surface area contributed by atoms with Crippen LogP contribution in [0.3, 0.4) is 0 Å². The summed E-state index contributed by atoms with van der Waals surface area (Å²) >= 11 is 0. The van der Waals surface area contributed by atoms with Gasteiger partial charge in [-0.2, -0.15) is 0 Å².